The summed E-state index contributed by atoms with van der Waals surface area (Å²) in [4.78, 5) is 35.3. The van der Waals surface area contributed by atoms with Crippen LogP contribution in [0, 0.1) is 30.6 Å². The van der Waals surface area contributed by atoms with Crippen LogP contribution in [0.2, 0.25) is 0 Å². The van der Waals surface area contributed by atoms with Gasteiger partial charge in [0, 0.05) is 24.9 Å². The van der Waals surface area contributed by atoms with Crippen molar-refractivity contribution in [2.45, 2.75) is 110 Å². The predicted molar refractivity (Wildman–Crippen MR) is 142 cm³/mol. The minimum atomic E-state index is -0.927. The van der Waals surface area contributed by atoms with Crippen LogP contribution in [-0.4, -0.2) is 35.0 Å². The third kappa shape index (κ3) is 9.25. The highest BCUT2D eigenvalue weighted by Crippen LogP contribution is 2.39. The molecule has 0 heterocycles. The van der Waals surface area contributed by atoms with E-state index in [0.717, 1.165) is 38.5 Å². The molecule has 6 unspecified atom stereocenters. The molecule has 0 bridgehead atoms. The van der Waals surface area contributed by atoms with Crippen molar-refractivity contribution in [3.05, 3.63) is 35.4 Å². The van der Waals surface area contributed by atoms with Crippen molar-refractivity contribution in [1.82, 2.24) is 10.6 Å². The molecule has 2 saturated carbocycles. The molecule has 0 saturated heterocycles. The number of hydrogen-bond donors (Lipinski definition) is 3. The molecule has 1 aromatic carbocycles. The third-order valence-corrected chi connectivity index (χ3v) is 8.47. The van der Waals surface area contributed by atoms with Gasteiger partial charge in [-0.25, -0.2) is 0 Å². The van der Waals surface area contributed by atoms with Crippen molar-refractivity contribution in [3.8, 4) is 0 Å². The van der Waals surface area contributed by atoms with E-state index in [2.05, 4.69) is 55.7 Å². The van der Waals surface area contributed by atoms with Gasteiger partial charge in [-0.05, 0) is 93.9 Å². The zero-order chi connectivity index (χ0) is 26.1. The zero-order valence-electron chi connectivity index (χ0n) is 22.4. The highest BCUT2D eigenvalue weighted by atomic mass is 16.4. The summed E-state index contributed by atoms with van der Waals surface area (Å²) < 4.78 is 0. The Labute approximate surface area is 217 Å². The van der Waals surface area contributed by atoms with E-state index in [4.69, 9.17) is 5.11 Å². The van der Waals surface area contributed by atoms with Crippen molar-refractivity contribution < 1.29 is 19.5 Å². The number of carbonyl (C=O) groups is 3. The van der Waals surface area contributed by atoms with E-state index < -0.39 is 5.97 Å². The molecule has 3 rings (SSSR count). The van der Waals surface area contributed by atoms with Gasteiger partial charge in [-0.15, -0.1) is 0 Å². The highest BCUT2D eigenvalue weighted by molar-refractivity contribution is 5.80. The number of benzene rings is 1. The fourth-order valence-corrected chi connectivity index (χ4v) is 6.33. The van der Waals surface area contributed by atoms with E-state index in [1.165, 1.54) is 30.4 Å². The maximum absolute atomic E-state index is 12.5. The van der Waals surface area contributed by atoms with Crippen LogP contribution in [0.5, 0.6) is 0 Å². The number of carboxylic acid groups (broad SMARTS) is 1. The van der Waals surface area contributed by atoms with Gasteiger partial charge < -0.3 is 15.7 Å². The number of hydrogen-bond acceptors (Lipinski definition) is 3. The van der Waals surface area contributed by atoms with E-state index in [1.807, 2.05) is 0 Å². The lowest BCUT2D eigenvalue weighted by atomic mass is 9.70. The summed E-state index contributed by atoms with van der Waals surface area (Å²) in [5.41, 5.74) is 2.56. The standard InChI is InChI=1S/C30H46N2O4/c1-20-7-9-23(10-8-20)5-4-6-28(33)31-26-13-11-24(17-21(26)2)19-25-12-14-27(22(3)18-25)32-29(34)15-16-30(35)36/h7-10,21-22,24-27H,4-6,11-19H2,1-3H3,(H,31,33)(H,32,34)(H,35,36). The van der Waals surface area contributed by atoms with Crippen molar-refractivity contribution >= 4 is 17.8 Å². The van der Waals surface area contributed by atoms with Gasteiger partial charge in [0.2, 0.25) is 11.8 Å². The van der Waals surface area contributed by atoms with E-state index in [9.17, 15) is 14.4 Å². The first-order valence-electron chi connectivity index (χ1n) is 14.1. The lowest BCUT2D eigenvalue weighted by molar-refractivity contribution is -0.139. The van der Waals surface area contributed by atoms with Gasteiger partial charge in [0.1, 0.15) is 0 Å². The second-order valence-corrected chi connectivity index (χ2v) is 11.6. The summed E-state index contributed by atoms with van der Waals surface area (Å²) in [6.45, 7) is 6.59. The number of carbonyl (C=O) groups excluding carboxylic acids is 2. The van der Waals surface area contributed by atoms with Gasteiger partial charge in [0.05, 0.1) is 6.42 Å². The number of aliphatic carboxylic acids is 1. The second kappa shape index (κ2) is 13.8. The molecule has 36 heavy (non-hydrogen) atoms. The lowest BCUT2D eigenvalue weighted by Gasteiger charge is -2.39. The highest BCUT2D eigenvalue weighted by Gasteiger charge is 2.33. The molecule has 2 aliphatic rings. The zero-order valence-corrected chi connectivity index (χ0v) is 22.4. The summed E-state index contributed by atoms with van der Waals surface area (Å²) in [5, 5.41) is 15.2. The number of rotatable bonds is 11. The number of aryl methyl sites for hydroxylation is 2. The third-order valence-electron chi connectivity index (χ3n) is 8.47. The quantitative estimate of drug-likeness (QED) is 0.380. The fraction of sp³-hybridized carbons (Fsp3) is 0.700. The Morgan fingerprint density at radius 2 is 1.33 bits per heavy atom. The Morgan fingerprint density at radius 3 is 1.83 bits per heavy atom. The van der Waals surface area contributed by atoms with Gasteiger partial charge in [-0.2, -0.15) is 0 Å². The first-order chi connectivity index (χ1) is 17.2. The normalized spacial score (nSPS) is 28.3. The number of amides is 2. The van der Waals surface area contributed by atoms with Gasteiger partial charge in [0.25, 0.3) is 0 Å². The van der Waals surface area contributed by atoms with Crippen LogP contribution in [-0.2, 0) is 20.8 Å². The molecule has 6 atom stereocenters. The molecule has 1 aromatic rings. The lowest BCUT2D eigenvalue weighted by Crippen LogP contribution is -2.44. The molecular weight excluding hydrogens is 452 g/mol. The molecule has 2 aliphatic carbocycles. The summed E-state index contributed by atoms with van der Waals surface area (Å²) in [5.74, 6) is 1.46. The van der Waals surface area contributed by atoms with E-state index >= 15 is 0 Å². The molecule has 0 aromatic heterocycles. The largest absolute Gasteiger partial charge is 0.481 e. The second-order valence-electron chi connectivity index (χ2n) is 11.6. The maximum atomic E-state index is 12.5. The van der Waals surface area contributed by atoms with Crippen LogP contribution in [0.3, 0.4) is 0 Å². The van der Waals surface area contributed by atoms with Gasteiger partial charge in [-0.1, -0.05) is 43.7 Å². The molecular formula is C30H46N2O4. The SMILES string of the molecule is Cc1ccc(CCCC(=O)NC2CCC(CC3CCC(NC(=O)CCC(=O)O)C(C)C3)CC2C)cc1. The van der Waals surface area contributed by atoms with Gasteiger partial charge in [-0.3, -0.25) is 14.4 Å². The van der Waals surface area contributed by atoms with Crippen molar-refractivity contribution in [2.24, 2.45) is 23.7 Å². The molecule has 2 amide bonds. The molecule has 0 aliphatic heterocycles. The Balaban J connectivity index is 1.33. The average molecular weight is 499 g/mol. The van der Waals surface area contributed by atoms with Crippen molar-refractivity contribution in [1.29, 1.82) is 0 Å². The van der Waals surface area contributed by atoms with Gasteiger partial charge >= 0.3 is 5.97 Å². The predicted octanol–water partition coefficient (Wildman–Crippen LogP) is 5.41. The smallest absolute Gasteiger partial charge is 0.303 e. The Hall–Kier alpha value is -2.37. The van der Waals surface area contributed by atoms with Crippen molar-refractivity contribution in [2.75, 3.05) is 0 Å². The fourth-order valence-electron chi connectivity index (χ4n) is 6.33. The number of carboxylic acids is 1. The Kier molecular flexibility index (Phi) is 10.8. The number of nitrogens with one attached hydrogen (secondary N) is 2. The maximum Gasteiger partial charge on any atom is 0.303 e. The first-order valence-corrected chi connectivity index (χ1v) is 14.1. The molecule has 200 valence electrons. The van der Waals surface area contributed by atoms with E-state index in [1.54, 1.807) is 0 Å². The molecule has 3 N–H and O–H groups in total. The summed E-state index contributed by atoms with van der Waals surface area (Å²) in [6.07, 6.45) is 10.3. The van der Waals surface area contributed by atoms with E-state index in [0.29, 0.717) is 36.1 Å². The van der Waals surface area contributed by atoms with Crippen LogP contribution in [0.25, 0.3) is 0 Å². The summed E-state index contributed by atoms with van der Waals surface area (Å²) >= 11 is 0. The molecule has 0 radical (unpaired) electrons. The Bertz CT molecular complexity index is 868. The average Bonchev–Trinajstić information content (AvgIpc) is 2.82. The monoisotopic (exact) mass is 498 g/mol. The minimum Gasteiger partial charge on any atom is -0.481 e. The van der Waals surface area contributed by atoms with Crippen LogP contribution < -0.4 is 10.6 Å². The summed E-state index contributed by atoms with van der Waals surface area (Å²) in [6, 6.07) is 9.03. The Morgan fingerprint density at radius 1 is 0.806 bits per heavy atom. The molecule has 6 nitrogen and oxygen atoms in total. The van der Waals surface area contributed by atoms with Crippen LogP contribution >= 0.6 is 0 Å². The minimum absolute atomic E-state index is 0.0619. The van der Waals surface area contributed by atoms with Crippen LogP contribution in [0.15, 0.2) is 24.3 Å². The topological polar surface area (TPSA) is 95.5 Å². The van der Waals surface area contributed by atoms with Crippen LogP contribution in [0.1, 0.15) is 95.6 Å². The van der Waals surface area contributed by atoms with E-state index in [-0.39, 0.29) is 30.7 Å². The molecule has 0 spiro atoms. The summed E-state index contributed by atoms with van der Waals surface area (Å²) in [7, 11) is 0. The first kappa shape index (κ1) is 28.2. The van der Waals surface area contributed by atoms with Crippen LogP contribution in [0.4, 0.5) is 0 Å². The van der Waals surface area contributed by atoms with Gasteiger partial charge in [0.15, 0.2) is 0 Å². The van der Waals surface area contributed by atoms with Crippen molar-refractivity contribution in [3.63, 3.8) is 0 Å². The molecule has 2 fully saturated rings. The molecule has 6 heteroatoms.